The van der Waals surface area contributed by atoms with Crippen molar-refractivity contribution < 1.29 is 32.5 Å². The molecule has 0 aliphatic rings. The molecule has 9 N–H and O–H groups in total. The smallest absolute Gasteiger partial charge is 0.0869 e. The first kappa shape index (κ1) is 27.7. The van der Waals surface area contributed by atoms with Gasteiger partial charge in [0.05, 0.1) is 34.9 Å². The normalized spacial score (nSPS) is 8.18. The van der Waals surface area contributed by atoms with Crippen LogP contribution in [0.15, 0.2) is 0 Å². The van der Waals surface area contributed by atoms with Crippen molar-refractivity contribution >= 4 is 0 Å². The van der Waals surface area contributed by atoms with Crippen molar-refractivity contribution in [3.63, 3.8) is 0 Å². The molecule has 0 saturated carbocycles. The first-order valence-corrected chi connectivity index (χ1v) is 5.59. The Morgan fingerprint density at radius 1 is 0.591 bits per heavy atom. The van der Waals surface area contributed by atoms with Crippen molar-refractivity contribution in [3.05, 3.63) is 46.0 Å². The molecule has 0 spiro atoms. The van der Waals surface area contributed by atoms with Gasteiger partial charge in [-0.15, -0.1) is 0 Å². The van der Waals surface area contributed by atoms with Crippen LogP contribution in [0.2, 0.25) is 0 Å². The fourth-order valence-corrected chi connectivity index (χ4v) is 1.01. The van der Waals surface area contributed by atoms with Crippen molar-refractivity contribution in [2.24, 2.45) is 0 Å². The largest absolute Gasteiger partial charge is 0.357 e. The maximum atomic E-state index is 8.25. The molecule has 134 valence electrons. The molecule has 16 nitrogen and oxygen atoms in total. The number of rotatable bonds is 6. The van der Waals surface area contributed by atoms with Gasteiger partial charge >= 0.3 is 0 Å². The molecule has 0 atom stereocenters. The molecule has 0 radical (unpaired) electrons. The zero-order chi connectivity index (χ0) is 18.6. The first-order valence-electron chi connectivity index (χ1n) is 5.59. The molecule has 0 fully saturated rings. The van der Waals surface area contributed by atoms with Gasteiger partial charge in [0.15, 0.2) is 0 Å². The molecule has 22 heavy (non-hydrogen) atoms. The average molecular weight is 335 g/mol. The topological polar surface area (TPSA) is 285 Å². The van der Waals surface area contributed by atoms with E-state index in [9.17, 15) is 0 Å². The van der Waals surface area contributed by atoms with E-state index in [0.717, 1.165) is 39.3 Å². The fourth-order valence-electron chi connectivity index (χ4n) is 1.01. The molecule has 0 aliphatic heterocycles. The van der Waals surface area contributed by atoms with Crippen LogP contribution in [0.4, 0.5) is 0 Å². The Labute approximate surface area is 124 Å². The summed E-state index contributed by atoms with van der Waals surface area (Å²) < 4.78 is 0. The molecular formula is C6H21N7O9. The molecule has 0 unspecified atom stereocenters. The highest BCUT2D eigenvalue weighted by molar-refractivity contribution is 4.52. The summed E-state index contributed by atoms with van der Waals surface area (Å²) in [4.78, 5) is 27.1. The number of hydrogen-bond donors (Lipinski definition) is 3. The zero-order valence-corrected chi connectivity index (χ0v) is 11.8. The van der Waals surface area contributed by atoms with Crippen molar-refractivity contribution in [1.29, 1.82) is 0 Å². The molecule has 0 rings (SSSR count). The molecular weight excluding hydrogens is 314 g/mol. The summed E-state index contributed by atoms with van der Waals surface area (Å²) in [7, 11) is 0. The van der Waals surface area contributed by atoms with Gasteiger partial charge in [0.25, 0.3) is 0 Å². The van der Waals surface area contributed by atoms with Gasteiger partial charge in [-0.25, -0.2) is 0 Å². The molecule has 0 heterocycles. The SMILES string of the molecule is O=[N+]([O-])[O-].O=[N+]([O-])[O-].O=[N+]([O-])[O-].[NH3+]CCN(CC[NH3+])CC[NH3+]. The standard InChI is InChI=1S/C6H18N4.3NO3/c7-1-4-10(5-2-8)6-3-9;3*2-1(3)4/h1-9H2;;;/q;3*-1/p+3. The van der Waals surface area contributed by atoms with Crippen LogP contribution >= 0.6 is 0 Å². The predicted octanol–water partition coefficient (Wildman–Crippen LogP) is -4.70. The van der Waals surface area contributed by atoms with Crippen molar-refractivity contribution in [3.8, 4) is 0 Å². The lowest BCUT2D eigenvalue weighted by Crippen LogP contribution is -2.61. The highest BCUT2D eigenvalue weighted by Gasteiger charge is 2.02. The Balaban J connectivity index is -0.000000112. The van der Waals surface area contributed by atoms with E-state index in [2.05, 4.69) is 22.1 Å². The van der Waals surface area contributed by atoms with E-state index in [1.165, 1.54) is 0 Å². The fraction of sp³-hybridized carbons (Fsp3) is 1.00. The zero-order valence-electron chi connectivity index (χ0n) is 11.8. The highest BCUT2D eigenvalue weighted by Crippen LogP contribution is 1.80. The van der Waals surface area contributed by atoms with Crippen LogP contribution in [-0.4, -0.2) is 59.4 Å². The lowest BCUT2D eigenvalue weighted by atomic mass is 10.4. The summed E-state index contributed by atoms with van der Waals surface area (Å²) in [6, 6.07) is 0. The third kappa shape index (κ3) is 114. The van der Waals surface area contributed by atoms with Crippen LogP contribution in [0.5, 0.6) is 0 Å². The van der Waals surface area contributed by atoms with E-state index >= 15 is 0 Å². The predicted molar refractivity (Wildman–Crippen MR) is 70.8 cm³/mol. The van der Waals surface area contributed by atoms with E-state index in [-0.39, 0.29) is 0 Å². The summed E-state index contributed by atoms with van der Waals surface area (Å²) in [6.07, 6.45) is 0. The monoisotopic (exact) mass is 335 g/mol. The Bertz CT molecular complexity index is 224. The molecule has 0 aromatic rings. The Morgan fingerprint density at radius 2 is 0.727 bits per heavy atom. The quantitative estimate of drug-likeness (QED) is 0.307. The molecule has 0 amide bonds. The Kier molecular flexibility index (Phi) is 29.7. The van der Waals surface area contributed by atoms with Gasteiger partial charge in [-0.1, -0.05) is 0 Å². The van der Waals surface area contributed by atoms with Gasteiger partial charge in [-0.2, -0.15) is 0 Å². The van der Waals surface area contributed by atoms with E-state index in [1.807, 2.05) is 0 Å². The van der Waals surface area contributed by atoms with Crippen LogP contribution in [0.25, 0.3) is 0 Å². The van der Waals surface area contributed by atoms with E-state index in [4.69, 9.17) is 46.0 Å². The third-order valence-electron chi connectivity index (χ3n) is 1.42. The summed E-state index contributed by atoms with van der Waals surface area (Å²) in [5.74, 6) is 0. The number of nitrogens with zero attached hydrogens (tertiary/aromatic N) is 4. The minimum Gasteiger partial charge on any atom is -0.357 e. The lowest BCUT2D eigenvalue weighted by molar-refractivity contribution is -0.403. The maximum Gasteiger partial charge on any atom is 0.0869 e. The molecule has 0 aromatic carbocycles. The summed E-state index contributed by atoms with van der Waals surface area (Å²) >= 11 is 0. The van der Waals surface area contributed by atoms with E-state index in [1.54, 1.807) is 0 Å². The summed E-state index contributed by atoms with van der Waals surface area (Å²) in [6.45, 7) is 6.22. The van der Waals surface area contributed by atoms with Gasteiger partial charge in [-0.3, -0.25) is 4.90 Å². The summed E-state index contributed by atoms with van der Waals surface area (Å²) in [5, 5.41) is 44.2. The van der Waals surface area contributed by atoms with Crippen molar-refractivity contribution in [2.45, 2.75) is 0 Å². The van der Waals surface area contributed by atoms with Gasteiger partial charge < -0.3 is 63.2 Å². The van der Waals surface area contributed by atoms with Crippen LogP contribution in [0, 0.1) is 46.0 Å². The van der Waals surface area contributed by atoms with Crippen molar-refractivity contribution in [1.82, 2.24) is 4.90 Å². The van der Waals surface area contributed by atoms with E-state index < -0.39 is 15.3 Å². The second-order valence-electron chi connectivity index (χ2n) is 3.07. The van der Waals surface area contributed by atoms with E-state index in [0.29, 0.717) is 0 Å². The van der Waals surface area contributed by atoms with Gasteiger partial charge in [0.2, 0.25) is 0 Å². The lowest BCUT2D eigenvalue weighted by Gasteiger charge is -2.15. The Hall–Kier alpha value is -2.56. The molecule has 16 heteroatoms. The van der Waals surface area contributed by atoms with Gasteiger partial charge in [-0.05, 0) is 0 Å². The van der Waals surface area contributed by atoms with Gasteiger partial charge in [0, 0.05) is 19.6 Å². The molecule has 0 saturated heterocycles. The average Bonchev–Trinajstić information content (AvgIpc) is 2.27. The first-order chi connectivity index (χ1) is 10.0. The summed E-state index contributed by atoms with van der Waals surface area (Å²) in [5.41, 5.74) is 11.4. The molecule has 0 aromatic heterocycles. The third-order valence-corrected chi connectivity index (χ3v) is 1.42. The second kappa shape index (κ2) is 23.5. The maximum absolute atomic E-state index is 8.25. The second-order valence-corrected chi connectivity index (χ2v) is 3.07. The van der Waals surface area contributed by atoms with Gasteiger partial charge in [0.1, 0.15) is 0 Å². The van der Waals surface area contributed by atoms with Crippen LogP contribution in [-0.2, 0) is 0 Å². The Morgan fingerprint density at radius 3 is 0.818 bits per heavy atom. The minimum atomic E-state index is -1.75. The minimum absolute atomic E-state index is 0.986. The van der Waals surface area contributed by atoms with Crippen LogP contribution in [0.3, 0.4) is 0 Å². The number of hydrogen-bond acceptors (Lipinski definition) is 10. The highest BCUT2D eigenvalue weighted by atomic mass is 16.9. The molecule has 0 aliphatic carbocycles. The van der Waals surface area contributed by atoms with Crippen molar-refractivity contribution in [2.75, 3.05) is 39.3 Å². The van der Waals surface area contributed by atoms with Crippen LogP contribution in [0.1, 0.15) is 0 Å². The van der Waals surface area contributed by atoms with Crippen LogP contribution < -0.4 is 17.2 Å². The molecule has 0 bridgehead atoms. The number of quaternary nitrogens is 3.